The summed E-state index contributed by atoms with van der Waals surface area (Å²) >= 11 is 0. The van der Waals surface area contributed by atoms with Gasteiger partial charge in [-0.3, -0.25) is 9.89 Å². The molecule has 2 heterocycles. The van der Waals surface area contributed by atoms with Crippen LogP contribution in [0.2, 0.25) is 0 Å². The number of hydrogen-bond acceptors (Lipinski definition) is 4. The lowest BCUT2D eigenvalue weighted by Crippen LogP contribution is -2.25. The van der Waals surface area contributed by atoms with Crippen LogP contribution in [0.5, 0.6) is 5.88 Å². The largest absolute Gasteiger partial charge is 0.481 e. The Morgan fingerprint density at radius 2 is 2.19 bits per heavy atom. The molecule has 1 fully saturated rings. The van der Waals surface area contributed by atoms with Crippen LogP contribution < -0.4 is 10.1 Å². The van der Waals surface area contributed by atoms with Crippen LogP contribution in [0.4, 0.5) is 4.39 Å². The highest BCUT2D eigenvalue weighted by molar-refractivity contribution is 6.00. The second-order valence-electron chi connectivity index (χ2n) is 6.18. The first kappa shape index (κ1) is 16.3. The number of ether oxygens (including phenoxy) is 1. The standard InChI is InChI=1S/C19H17FN4O2/c1-26-17-4-2-3-12(21-17)7-8-16-14-9-11(19(25)22-13-5-6-13)10-15(20)18(14)24-23-16/h2-4,7-10,13H,5-6H2,1H3,(H,22,25)(H,23,24)/b8-7+. The normalized spacial score (nSPS) is 14.1. The van der Waals surface area contributed by atoms with Gasteiger partial charge < -0.3 is 10.1 Å². The van der Waals surface area contributed by atoms with E-state index in [4.69, 9.17) is 4.74 Å². The third kappa shape index (κ3) is 3.28. The number of methoxy groups -OCH3 is 1. The van der Waals surface area contributed by atoms with E-state index in [0.717, 1.165) is 12.8 Å². The van der Waals surface area contributed by atoms with Gasteiger partial charge in [-0.05, 0) is 43.2 Å². The van der Waals surface area contributed by atoms with Gasteiger partial charge in [-0.25, -0.2) is 9.37 Å². The maximum absolute atomic E-state index is 14.3. The number of hydrogen-bond donors (Lipinski definition) is 2. The highest BCUT2D eigenvalue weighted by atomic mass is 19.1. The minimum absolute atomic E-state index is 0.200. The number of carbonyl (C=O) groups is 1. The van der Waals surface area contributed by atoms with Gasteiger partial charge in [0.2, 0.25) is 5.88 Å². The van der Waals surface area contributed by atoms with Gasteiger partial charge in [0.15, 0.2) is 5.82 Å². The molecule has 26 heavy (non-hydrogen) atoms. The Labute approximate surface area is 149 Å². The lowest BCUT2D eigenvalue weighted by Gasteiger charge is -2.04. The molecule has 0 saturated heterocycles. The van der Waals surface area contributed by atoms with Gasteiger partial charge in [0.05, 0.1) is 18.5 Å². The summed E-state index contributed by atoms with van der Waals surface area (Å²) < 4.78 is 19.4. The Balaban J connectivity index is 1.67. The zero-order valence-corrected chi connectivity index (χ0v) is 14.1. The van der Waals surface area contributed by atoms with Crippen molar-refractivity contribution in [3.63, 3.8) is 0 Å². The van der Waals surface area contributed by atoms with E-state index in [1.165, 1.54) is 6.07 Å². The number of rotatable bonds is 5. The topological polar surface area (TPSA) is 79.9 Å². The third-order valence-electron chi connectivity index (χ3n) is 4.19. The van der Waals surface area contributed by atoms with E-state index >= 15 is 0 Å². The summed E-state index contributed by atoms with van der Waals surface area (Å²) in [4.78, 5) is 16.5. The van der Waals surface area contributed by atoms with Crippen molar-refractivity contribution in [3.05, 3.63) is 53.1 Å². The molecule has 1 aliphatic carbocycles. The molecule has 132 valence electrons. The molecular weight excluding hydrogens is 335 g/mol. The van der Waals surface area contributed by atoms with Crippen molar-refractivity contribution < 1.29 is 13.9 Å². The molecule has 3 aromatic rings. The Bertz CT molecular complexity index is 1010. The Kier molecular flexibility index (Phi) is 4.12. The molecule has 2 aromatic heterocycles. The molecule has 1 saturated carbocycles. The number of amides is 1. The Morgan fingerprint density at radius 3 is 2.96 bits per heavy atom. The van der Waals surface area contributed by atoms with Gasteiger partial charge in [0.25, 0.3) is 5.91 Å². The zero-order valence-electron chi connectivity index (χ0n) is 14.1. The number of nitrogens with zero attached hydrogens (tertiary/aromatic N) is 2. The predicted octanol–water partition coefficient (Wildman–Crippen LogP) is 3.17. The first-order valence-electron chi connectivity index (χ1n) is 8.31. The highest BCUT2D eigenvalue weighted by Gasteiger charge is 2.24. The lowest BCUT2D eigenvalue weighted by molar-refractivity contribution is 0.0951. The molecule has 0 unspecified atom stereocenters. The molecule has 1 amide bonds. The molecule has 0 atom stereocenters. The number of carbonyl (C=O) groups excluding carboxylic acids is 1. The molecule has 7 heteroatoms. The van der Waals surface area contributed by atoms with Crippen molar-refractivity contribution in [1.82, 2.24) is 20.5 Å². The molecular formula is C19H17FN4O2. The number of aromatic amines is 1. The van der Waals surface area contributed by atoms with Gasteiger partial charge in [-0.1, -0.05) is 6.07 Å². The van der Waals surface area contributed by atoms with Crippen LogP contribution in [0.25, 0.3) is 23.1 Å². The van der Waals surface area contributed by atoms with E-state index < -0.39 is 5.82 Å². The smallest absolute Gasteiger partial charge is 0.251 e. The third-order valence-corrected chi connectivity index (χ3v) is 4.19. The highest BCUT2D eigenvalue weighted by Crippen LogP contribution is 2.24. The molecule has 0 spiro atoms. The summed E-state index contributed by atoms with van der Waals surface area (Å²) in [7, 11) is 1.55. The van der Waals surface area contributed by atoms with Crippen molar-refractivity contribution in [2.75, 3.05) is 7.11 Å². The zero-order chi connectivity index (χ0) is 18.1. The second-order valence-corrected chi connectivity index (χ2v) is 6.18. The number of pyridine rings is 1. The summed E-state index contributed by atoms with van der Waals surface area (Å²) in [5.74, 6) is -0.288. The average Bonchev–Trinajstić information content (AvgIpc) is 3.37. The molecule has 0 bridgehead atoms. The molecule has 4 rings (SSSR count). The van der Waals surface area contributed by atoms with Crippen LogP contribution in [-0.2, 0) is 0 Å². The fourth-order valence-corrected chi connectivity index (χ4v) is 2.65. The van der Waals surface area contributed by atoms with Crippen LogP contribution in [0, 0.1) is 5.82 Å². The molecule has 2 N–H and O–H groups in total. The first-order chi connectivity index (χ1) is 12.6. The van der Waals surface area contributed by atoms with Gasteiger partial charge in [0, 0.05) is 23.1 Å². The van der Waals surface area contributed by atoms with Gasteiger partial charge in [0.1, 0.15) is 5.52 Å². The Hall–Kier alpha value is -3.22. The van der Waals surface area contributed by atoms with Crippen LogP contribution in [0.15, 0.2) is 30.3 Å². The second kappa shape index (κ2) is 6.59. The average molecular weight is 352 g/mol. The van der Waals surface area contributed by atoms with Crippen LogP contribution in [0.3, 0.4) is 0 Å². The van der Waals surface area contributed by atoms with Crippen LogP contribution >= 0.6 is 0 Å². The summed E-state index contributed by atoms with van der Waals surface area (Å²) in [6.07, 6.45) is 5.47. The number of benzene rings is 1. The number of fused-ring (bicyclic) bond motifs is 1. The van der Waals surface area contributed by atoms with E-state index in [2.05, 4.69) is 20.5 Å². The lowest BCUT2D eigenvalue weighted by atomic mass is 10.1. The van der Waals surface area contributed by atoms with Crippen molar-refractivity contribution >= 4 is 29.0 Å². The van der Waals surface area contributed by atoms with E-state index in [1.54, 1.807) is 31.4 Å². The van der Waals surface area contributed by atoms with Gasteiger partial charge in [-0.15, -0.1) is 0 Å². The summed E-state index contributed by atoms with van der Waals surface area (Å²) in [5, 5.41) is 10.2. The van der Waals surface area contributed by atoms with Crippen molar-refractivity contribution in [3.8, 4) is 5.88 Å². The quantitative estimate of drug-likeness (QED) is 0.739. The van der Waals surface area contributed by atoms with E-state index in [0.29, 0.717) is 22.7 Å². The van der Waals surface area contributed by atoms with E-state index in [9.17, 15) is 9.18 Å². The number of aromatic nitrogens is 3. The summed E-state index contributed by atoms with van der Waals surface area (Å²) in [5.41, 5.74) is 1.78. The minimum Gasteiger partial charge on any atom is -0.481 e. The minimum atomic E-state index is -0.529. The first-order valence-corrected chi connectivity index (χ1v) is 8.31. The maximum Gasteiger partial charge on any atom is 0.251 e. The SMILES string of the molecule is COc1cccc(/C=C/c2[nH]nc3c(F)cc(C(=O)NC4CC4)cc23)n1. The monoisotopic (exact) mass is 352 g/mol. The summed E-state index contributed by atoms with van der Waals surface area (Å²) in [6, 6.07) is 8.49. The van der Waals surface area contributed by atoms with E-state index in [-0.39, 0.29) is 23.0 Å². The maximum atomic E-state index is 14.3. The fourth-order valence-electron chi connectivity index (χ4n) is 2.65. The number of nitrogens with one attached hydrogen (secondary N) is 2. The molecule has 1 aromatic carbocycles. The van der Waals surface area contributed by atoms with Crippen molar-refractivity contribution in [2.24, 2.45) is 0 Å². The van der Waals surface area contributed by atoms with Gasteiger partial charge >= 0.3 is 0 Å². The molecule has 6 nitrogen and oxygen atoms in total. The van der Waals surface area contributed by atoms with Crippen LogP contribution in [0.1, 0.15) is 34.6 Å². The summed E-state index contributed by atoms with van der Waals surface area (Å²) in [6.45, 7) is 0. The number of halogens is 1. The van der Waals surface area contributed by atoms with Crippen molar-refractivity contribution in [2.45, 2.75) is 18.9 Å². The van der Waals surface area contributed by atoms with E-state index in [1.807, 2.05) is 12.1 Å². The predicted molar refractivity (Wildman–Crippen MR) is 96.3 cm³/mol. The fraction of sp³-hybridized carbons (Fsp3) is 0.211. The molecule has 0 radical (unpaired) electrons. The van der Waals surface area contributed by atoms with Crippen molar-refractivity contribution in [1.29, 1.82) is 0 Å². The number of H-pyrrole nitrogens is 1. The molecule has 0 aliphatic heterocycles. The Morgan fingerprint density at radius 1 is 1.35 bits per heavy atom. The van der Waals surface area contributed by atoms with Gasteiger partial charge in [-0.2, -0.15) is 5.10 Å². The molecule has 1 aliphatic rings. The van der Waals surface area contributed by atoms with Crippen LogP contribution in [-0.4, -0.2) is 34.2 Å².